The van der Waals surface area contributed by atoms with Gasteiger partial charge in [0.05, 0.1) is 18.4 Å². The van der Waals surface area contributed by atoms with Crippen LogP contribution in [-0.2, 0) is 16.6 Å². The van der Waals surface area contributed by atoms with Crippen LogP contribution in [0.3, 0.4) is 0 Å². The van der Waals surface area contributed by atoms with Crippen LogP contribution in [0.15, 0.2) is 26.4 Å². The number of anilines is 1. The molecule has 0 aliphatic heterocycles. The second-order valence-corrected chi connectivity index (χ2v) is 8.73. The van der Waals surface area contributed by atoms with E-state index >= 15 is 0 Å². The van der Waals surface area contributed by atoms with Crippen molar-refractivity contribution in [2.45, 2.75) is 19.0 Å². The third-order valence-electron chi connectivity index (χ3n) is 3.99. The van der Waals surface area contributed by atoms with Gasteiger partial charge in [0, 0.05) is 11.9 Å². The number of amides is 1. The summed E-state index contributed by atoms with van der Waals surface area (Å²) in [6, 6.07) is 3.55. The van der Waals surface area contributed by atoms with Crippen molar-refractivity contribution < 1.29 is 18.7 Å². The minimum Gasteiger partial charge on any atom is -0.465 e. The van der Waals surface area contributed by atoms with Gasteiger partial charge in [0.2, 0.25) is 5.91 Å². The lowest BCUT2D eigenvalue weighted by Gasteiger charge is -2.06. The lowest BCUT2D eigenvalue weighted by atomic mass is 10.1. The molecule has 0 spiro atoms. The van der Waals surface area contributed by atoms with E-state index in [1.165, 1.54) is 30.2 Å². The number of furan rings is 1. The highest BCUT2D eigenvalue weighted by Gasteiger charge is 2.22. The average Bonchev–Trinajstić information content (AvgIpc) is 3.31. The predicted molar refractivity (Wildman–Crippen MR) is 111 cm³/mol. The van der Waals surface area contributed by atoms with Gasteiger partial charge < -0.3 is 19.0 Å². The largest absolute Gasteiger partial charge is 0.465 e. The maximum atomic E-state index is 12.4. The van der Waals surface area contributed by atoms with Crippen molar-refractivity contribution in [3.63, 3.8) is 0 Å². The highest BCUT2D eigenvalue weighted by Crippen LogP contribution is 2.33. The molecule has 0 aromatic carbocycles. The van der Waals surface area contributed by atoms with E-state index in [1.807, 2.05) is 13.8 Å². The first-order valence-electron chi connectivity index (χ1n) is 8.07. The molecule has 1 N–H and O–H groups in total. The highest BCUT2D eigenvalue weighted by molar-refractivity contribution is 9.10. The molecule has 28 heavy (non-hydrogen) atoms. The Morgan fingerprint density at radius 1 is 1.36 bits per heavy atom. The average molecular weight is 485 g/mol. The van der Waals surface area contributed by atoms with Gasteiger partial charge in [-0.1, -0.05) is 11.8 Å². The summed E-state index contributed by atoms with van der Waals surface area (Å²) in [6.07, 6.45) is 0. The fourth-order valence-electron chi connectivity index (χ4n) is 2.45. The quantitative estimate of drug-likeness (QED) is 0.416. The van der Waals surface area contributed by atoms with Crippen molar-refractivity contribution in [2.24, 2.45) is 7.05 Å². The number of aryl methyl sites for hydroxylation is 1. The number of thioether (sulfide) groups is 1. The zero-order valence-electron chi connectivity index (χ0n) is 15.5. The zero-order chi connectivity index (χ0) is 20.4. The van der Waals surface area contributed by atoms with Crippen molar-refractivity contribution in [3.05, 3.63) is 32.8 Å². The van der Waals surface area contributed by atoms with Gasteiger partial charge in [-0.05, 0) is 47.5 Å². The smallest absolute Gasteiger partial charge is 0.341 e. The van der Waals surface area contributed by atoms with Crippen LogP contribution in [0, 0.1) is 13.8 Å². The number of esters is 1. The molecule has 3 aromatic rings. The van der Waals surface area contributed by atoms with Crippen molar-refractivity contribution >= 4 is 55.9 Å². The number of nitrogens with one attached hydrogen (secondary N) is 1. The van der Waals surface area contributed by atoms with Gasteiger partial charge in [-0.2, -0.15) is 0 Å². The van der Waals surface area contributed by atoms with Crippen molar-refractivity contribution in [1.29, 1.82) is 0 Å². The Morgan fingerprint density at radius 2 is 2.11 bits per heavy atom. The Morgan fingerprint density at radius 3 is 2.75 bits per heavy atom. The molecule has 0 aliphatic rings. The fraction of sp³-hybridized carbons (Fsp3) is 0.294. The number of carbonyl (C=O) groups is 2. The van der Waals surface area contributed by atoms with E-state index in [4.69, 9.17) is 9.15 Å². The number of thiophene rings is 1. The summed E-state index contributed by atoms with van der Waals surface area (Å²) in [5, 5.41) is 12.1. The van der Waals surface area contributed by atoms with Crippen LogP contribution in [0.2, 0.25) is 0 Å². The summed E-state index contributed by atoms with van der Waals surface area (Å²) in [5.74, 6) is 0.537. The van der Waals surface area contributed by atoms with Gasteiger partial charge in [0.15, 0.2) is 21.4 Å². The van der Waals surface area contributed by atoms with Crippen molar-refractivity contribution in [2.75, 3.05) is 18.2 Å². The summed E-state index contributed by atoms with van der Waals surface area (Å²) < 4.78 is 12.7. The number of ether oxygens (including phenoxy) is 1. The van der Waals surface area contributed by atoms with Gasteiger partial charge in [-0.25, -0.2) is 4.79 Å². The van der Waals surface area contributed by atoms with Crippen molar-refractivity contribution in [3.8, 4) is 11.6 Å². The van der Waals surface area contributed by atoms with Crippen molar-refractivity contribution in [1.82, 2.24) is 14.8 Å². The normalized spacial score (nSPS) is 10.9. The molecule has 0 fully saturated rings. The molecule has 0 aliphatic carbocycles. The molecular formula is C17H17BrN4O4S2. The monoisotopic (exact) mass is 484 g/mol. The van der Waals surface area contributed by atoms with Gasteiger partial charge in [-0.15, -0.1) is 21.5 Å². The first-order valence-corrected chi connectivity index (χ1v) is 10.7. The minimum atomic E-state index is -0.465. The predicted octanol–water partition coefficient (Wildman–Crippen LogP) is 4.03. The molecule has 148 valence electrons. The molecule has 0 saturated heterocycles. The third-order valence-corrected chi connectivity index (χ3v) is 6.56. The van der Waals surface area contributed by atoms with Crippen LogP contribution in [0.4, 0.5) is 5.00 Å². The second kappa shape index (κ2) is 8.50. The molecular weight excluding hydrogens is 468 g/mol. The summed E-state index contributed by atoms with van der Waals surface area (Å²) >= 11 is 5.85. The van der Waals surface area contributed by atoms with Gasteiger partial charge in [0.1, 0.15) is 5.00 Å². The molecule has 11 heteroatoms. The lowest BCUT2D eigenvalue weighted by molar-refractivity contribution is -0.113. The molecule has 0 saturated carbocycles. The zero-order valence-corrected chi connectivity index (χ0v) is 18.7. The first kappa shape index (κ1) is 20.6. The maximum Gasteiger partial charge on any atom is 0.341 e. The number of carbonyl (C=O) groups excluding carboxylic acids is 2. The summed E-state index contributed by atoms with van der Waals surface area (Å²) in [7, 11) is 3.12. The Kier molecular flexibility index (Phi) is 6.26. The van der Waals surface area contributed by atoms with E-state index in [0.29, 0.717) is 32.0 Å². The maximum absolute atomic E-state index is 12.4. The van der Waals surface area contributed by atoms with Gasteiger partial charge in [0.25, 0.3) is 0 Å². The molecule has 8 nitrogen and oxygen atoms in total. The van der Waals surface area contributed by atoms with Crippen LogP contribution >= 0.6 is 39.0 Å². The summed E-state index contributed by atoms with van der Waals surface area (Å²) in [6.45, 7) is 3.72. The van der Waals surface area contributed by atoms with Crippen LogP contribution in [0.5, 0.6) is 0 Å². The number of aromatic nitrogens is 3. The van der Waals surface area contributed by atoms with E-state index in [-0.39, 0.29) is 11.7 Å². The molecule has 0 radical (unpaired) electrons. The van der Waals surface area contributed by atoms with Crippen LogP contribution in [-0.4, -0.2) is 39.5 Å². The first-order chi connectivity index (χ1) is 13.3. The van der Waals surface area contributed by atoms with Gasteiger partial charge in [-0.3, -0.25) is 4.79 Å². The molecule has 0 bridgehead atoms. The Balaban J connectivity index is 1.68. The van der Waals surface area contributed by atoms with E-state index in [2.05, 4.69) is 31.4 Å². The number of hydrogen-bond acceptors (Lipinski definition) is 8. The third kappa shape index (κ3) is 4.15. The van der Waals surface area contributed by atoms with Crippen LogP contribution in [0.1, 0.15) is 20.8 Å². The number of halogens is 1. The Bertz CT molecular complexity index is 1040. The highest BCUT2D eigenvalue weighted by atomic mass is 79.9. The molecule has 0 unspecified atom stereocenters. The fourth-order valence-corrected chi connectivity index (χ4v) is 4.53. The van der Waals surface area contributed by atoms with E-state index < -0.39 is 5.97 Å². The molecule has 3 aromatic heterocycles. The van der Waals surface area contributed by atoms with E-state index in [0.717, 1.165) is 10.4 Å². The number of hydrogen-bond donors (Lipinski definition) is 1. The second-order valence-electron chi connectivity index (χ2n) is 5.78. The van der Waals surface area contributed by atoms with Crippen LogP contribution < -0.4 is 5.32 Å². The summed E-state index contributed by atoms with van der Waals surface area (Å²) in [5.41, 5.74) is 1.20. The SMILES string of the molecule is COC(=O)c1c(NC(=O)CSc2nnc(-c3ccc(Br)o3)n2C)sc(C)c1C. The standard InChI is InChI=1S/C17H17BrN4O4S2/c1-8-9(2)28-15(13(8)16(24)25-4)19-12(23)7-27-17-21-20-14(22(17)3)10-5-6-11(18)26-10/h5-6H,7H2,1-4H3,(H,19,23). The molecule has 3 rings (SSSR count). The summed E-state index contributed by atoms with van der Waals surface area (Å²) in [4.78, 5) is 25.4. The Labute approximate surface area is 177 Å². The number of rotatable bonds is 6. The molecule has 1 amide bonds. The van der Waals surface area contributed by atoms with Gasteiger partial charge >= 0.3 is 5.97 Å². The molecule has 0 atom stereocenters. The number of nitrogens with zero attached hydrogens (tertiary/aromatic N) is 3. The van der Waals surface area contributed by atoms with E-state index in [1.54, 1.807) is 23.7 Å². The van der Waals surface area contributed by atoms with E-state index in [9.17, 15) is 9.59 Å². The lowest BCUT2D eigenvalue weighted by Crippen LogP contribution is -2.16. The topological polar surface area (TPSA) is 99.2 Å². The minimum absolute atomic E-state index is 0.116. The molecule has 3 heterocycles. The Hall–Kier alpha value is -2.11. The number of methoxy groups -OCH3 is 1. The van der Waals surface area contributed by atoms with Crippen LogP contribution in [0.25, 0.3) is 11.6 Å².